The molecule has 0 radical (unpaired) electrons. The van der Waals surface area contributed by atoms with Gasteiger partial charge in [0.05, 0.1) is 10.7 Å². The van der Waals surface area contributed by atoms with Gasteiger partial charge in [0, 0.05) is 34.8 Å². The molecule has 0 aromatic carbocycles. The number of imidazole rings is 1. The molecule has 0 spiro atoms. The molecule has 0 N–H and O–H groups in total. The zero-order chi connectivity index (χ0) is 21.3. The van der Waals surface area contributed by atoms with E-state index in [1.165, 1.54) is 0 Å². The van der Waals surface area contributed by atoms with Crippen LogP contribution in [0.25, 0.3) is 0 Å². The Morgan fingerprint density at radius 1 is 1.32 bits per heavy atom. The van der Waals surface area contributed by atoms with Gasteiger partial charge in [0.2, 0.25) is 0 Å². The fourth-order valence-electron chi connectivity index (χ4n) is 2.87. The molecule has 1 rings (SSSR count). The average molecular weight is 441 g/mol. The van der Waals surface area contributed by atoms with Gasteiger partial charge in [0.1, 0.15) is 0 Å². The Labute approximate surface area is 183 Å². The van der Waals surface area contributed by atoms with Gasteiger partial charge in [-0.1, -0.05) is 60.2 Å². The van der Waals surface area contributed by atoms with Crippen molar-refractivity contribution in [1.29, 1.82) is 0 Å². The molecule has 154 valence electrons. The molecule has 0 aliphatic carbocycles. The molecule has 3 nitrogen and oxygen atoms in total. The second-order valence-electron chi connectivity index (χ2n) is 6.53. The third-order valence-electron chi connectivity index (χ3n) is 3.98. The first-order valence-corrected chi connectivity index (χ1v) is 11.1. The molecule has 0 fully saturated rings. The van der Waals surface area contributed by atoms with Crippen molar-refractivity contribution in [1.82, 2.24) is 9.13 Å². The number of aromatic nitrogens is 2. The van der Waals surface area contributed by atoms with Crippen LogP contribution in [-0.4, -0.2) is 14.9 Å². The van der Waals surface area contributed by atoms with E-state index in [4.69, 9.17) is 23.2 Å². The van der Waals surface area contributed by atoms with Crippen LogP contribution in [0.4, 0.5) is 0 Å². The van der Waals surface area contributed by atoms with Crippen molar-refractivity contribution in [2.75, 3.05) is 5.75 Å². The highest BCUT2D eigenvalue weighted by molar-refractivity contribution is 7.99. The predicted octanol–water partition coefficient (Wildman–Crippen LogP) is 6.84. The zero-order valence-corrected chi connectivity index (χ0v) is 19.7. The van der Waals surface area contributed by atoms with Crippen molar-refractivity contribution in [3.05, 3.63) is 74.9 Å². The van der Waals surface area contributed by atoms with Gasteiger partial charge < -0.3 is 0 Å². The van der Waals surface area contributed by atoms with E-state index in [1.807, 2.05) is 55.1 Å². The molecule has 0 unspecified atom stereocenters. The molecule has 0 aliphatic heterocycles. The number of hydrogen-bond acceptors (Lipinski definition) is 2. The topological polar surface area (TPSA) is 26.9 Å². The van der Waals surface area contributed by atoms with Gasteiger partial charge in [-0.25, -0.2) is 4.79 Å². The van der Waals surface area contributed by atoms with E-state index in [0.29, 0.717) is 28.8 Å². The Bertz CT molecular complexity index is 851. The van der Waals surface area contributed by atoms with E-state index in [9.17, 15) is 4.79 Å². The van der Waals surface area contributed by atoms with Gasteiger partial charge in [-0.3, -0.25) is 9.13 Å². The second-order valence-corrected chi connectivity index (χ2v) is 8.57. The molecule has 1 heterocycles. The highest BCUT2D eigenvalue weighted by Gasteiger charge is 2.21. The van der Waals surface area contributed by atoms with Gasteiger partial charge in [0.15, 0.2) is 0 Å². The van der Waals surface area contributed by atoms with Crippen molar-refractivity contribution in [2.45, 2.75) is 58.7 Å². The van der Waals surface area contributed by atoms with E-state index < -0.39 is 0 Å². The molecular formula is C22H30Cl2N2OS. The van der Waals surface area contributed by atoms with Gasteiger partial charge >= 0.3 is 5.69 Å². The van der Waals surface area contributed by atoms with Gasteiger partial charge in [-0.2, -0.15) is 0 Å². The smallest absolute Gasteiger partial charge is 0.295 e. The molecule has 28 heavy (non-hydrogen) atoms. The molecule has 1 aromatic heterocycles. The molecule has 0 amide bonds. The van der Waals surface area contributed by atoms with Crippen molar-refractivity contribution >= 4 is 35.0 Å². The summed E-state index contributed by atoms with van der Waals surface area (Å²) in [6.45, 7) is 14.3. The Hall–Kier alpha value is -1.36. The monoisotopic (exact) mass is 440 g/mol. The number of hydrogen-bond donors (Lipinski definition) is 0. The lowest BCUT2D eigenvalue weighted by atomic mass is 10.1. The summed E-state index contributed by atoms with van der Waals surface area (Å²) in [5.41, 5.74) is 2.16. The summed E-state index contributed by atoms with van der Waals surface area (Å²) in [6, 6.07) is 0.0690. The Kier molecular flexibility index (Phi) is 10.8. The lowest BCUT2D eigenvalue weighted by Crippen LogP contribution is -2.26. The van der Waals surface area contributed by atoms with Gasteiger partial charge in [-0.15, -0.1) is 11.8 Å². The minimum atomic E-state index is 0.0278. The first-order valence-electron chi connectivity index (χ1n) is 9.37. The van der Waals surface area contributed by atoms with Gasteiger partial charge in [0.25, 0.3) is 0 Å². The number of nitrogens with zero attached hydrogens (tertiary/aromatic N) is 2. The minimum absolute atomic E-state index is 0.0278. The quantitative estimate of drug-likeness (QED) is 0.294. The SMILES string of the molecule is C=C/C=C(\C=C/C)Cc1c(SC/C=C(Cl)\C=C(/C)Cl)n(C(C)C)c(=O)n1CC. The molecule has 0 saturated heterocycles. The number of rotatable bonds is 10. The largest absolute Gasteiger partial charge is 0.329 e. The van der Waals surface area contributed by atoms with Crippen LogP contribution in [0.1, 0.15) is 46.4 Å². The first kappa shape index (κ1) is 24.7. The summed E-state index contributed by atoms with van der Waals surface area (Å²) < 4.78 is 3.73. The third-order valence-corrected chi connectivity index (χ3v) is 5.39. The van der Waals surface area contributed by atoms with Crippen molar-refractivity contribution in [2.24, 2.45) is 0 Å². The summed E-state index contributed by atoms with van der Waals surface area (Å²) in [5, 5.41) is 2.21. The van der Waals surface area contributed by atoms with Gasteiger partial charge in [-0.05, 0) is 46.3 Å². The maximum Gasteiger partial charge on any atom is 0.329 e. The summed E-state index contributed by atoms with van der Waals surface area (Å²) >= 11 is 13.7. The third kappa shape index (κ3) is 6.91. The van der Waals surface area contributed by atoms with Crippen LogP contribution in [0.15, 0.2) is 68.5 Å². The number of halogens is 2. The maximum absolute atomic E-state index is 13.0. The first-order chi connectivity index (χ1) is 13.3. The van der Waals surface area contributed by atoms with E-state index in [-0.39, 0.29) is 11.7 Å². The van der Waals surface area contributed by atoms with Crippen LogP contribution >= 0.6 is 35.0 Å². The second kappa shape index (κ2) is 12.3. The number of allylic oxidation sites excluding steroid dienone is 8. The summed E-state index contributed by atoms with van der Waals surface area (Å²) in [6.07, 6.45) is 12.1. The van der Waals surface area contributed by atoms with E-state index in [0.717, 1.165) is 16.3 Å². The Morgan fingerprint density at radius 2 is 2.00 bits per heavy atom. The van der Waals surface area contributed by atoms with Crippen molar-refractivity contribution in [3.8, 4) is 0 Å². The van der Waals surface area contributed by atoms with E-state index >= 15 is 0 Å². The molecule has 0 atom stereocenters. The fraction of sp³-hybridized carbons (Fsp3) is 0.409. The highest BCUT2D eigenvalue weighted by atomic mass is 35.5. The molecule has 6 heteroatoms. The normalized spacial score (nSPS) is 13.8. The van der Waals surface area contributed by atoms with Crippen LogP contribution in [-0.2, 0) is 13.0 Å². The van der Waals surface area contributed by atoms with Crippen LogP contribution < -0.4 is 5.69 Å². The molecule has 0 aliphatic rings. The number of thioether (sulfide) groups is 1. The predicted molar refractivity (Wildman–Crippen MR) is 126 cm³/mol. The Morgan fingerprint density at radius 3 is 2.50 bits per heavy atom. The lowest BCUT2D eigenvalue weighted by molar-refractivity contribution is 0.528. The molecule has 0 bridgehead atoms. The van der Waals surface area contributed by atoms with E-state index in [2.05, 4.69) is 12.7 Å². The zero-order valence-electron chi connectivity index (χ0n) is 17.3. The van der Waals surface area contributed by atoms with Crippen LogP contribution in [0.2, 0.25) is 0 Å². The van der Waals surface area contributed by atoms with E-state index in [1.54, 1.807) is 30.8 Å². The van der Waals surface area contributed by atoms with Crippen molar-refractivity contribution < 1.29 is 0 Å². The van der Waals surface area contributed by atoms with Crippen LogP contribution in [0, 0.1) is 0 Å². The maximum atomic E-state index is 13.0. The van der Waals surface area contributed by atoms with Crippen molar-refractivity contribution in [3.63, 3.8) is 0 Å². The Balaban J connectivity index is 3.42. The summed E-state index contributed by atoms with van der Waals surface area (Å²) in [5.74, 6) is 0.649. The molecule has 0 saturated carbocycles. The summed E-state index contributed by atoms with van der Waals surface area (Å²) in [7, 11) is 0. The molecular weight excluding hydrogens is 411 g/mol. The van der Waals surface area contributed by atoms with Crippen LogP contribution in [0.3, 0.4) is 0 Å². The summed E-state index contributed by atoms with van der Waals surface area (Å²) in [4.78, 5) is 13.0. The lowest BCUT2D eigenvalue weighted by Gasteiger charge is -2.12. The highest BCUT2D eigenvalue weighted by Crippen LogP contribution is 2.28. The average Bonchev–Trinajstić information content (AvgIpc) is 2.85. The minimum Gasteiger partial charge on any atom is -0.295 e. The van der Waals surface area contributed by atoms with Crippen LogP contribution in [0.5, 0.6) is 0 Å². The fourth-order valence-corrected chi connectivity index (χ4v) is 4.58. The molecule has 1 aromatic rings. The standard InChI is InChI=1S/C22H30Cl2N2OS/c1-7-10-18(11-8-2)15-20-21(28-13-12-19(24)14-17(6)23)26(16(4)5)22(27)25(20)9-3/h7-8,10-12,14,16H,1,9,13,15H2,2-6H3/b11-8-,17-14+,18-10+,19-12+.